The summed E-state index contributed by atoms with van der Waals surface area (Å²) in [6, 6.07) is 14.9. The van der Waals surface area contributed by atoms with Gasteiger partial charge < -0.3 is 10.0 Å². The lowest BCUT2D eigenvalue weighted by molar-refractivity contribution is 0.305. The molecule has 0 saturated heterocycles. The molecule has 0 unspecified atom stereocenters. The van der Waals surface area contributed by atoms with Gasteiger partial charge in [-0.05, 0) is 24.3 Å². The van der Waals surface area contributed by atoms with Gasteiger partial charge in [-0.25, -0.2) is 4.39 Å². The highest BCUT2D eigenvalue weighted by atomic mass is 19.1. The highest BCUT2D eigenvalue weighted by molar-refractivity contribution is 5.46. The number of para-hydroxylation sites is 1. The Kier molecular flexibility index (Phi) is 5.36. The van der Waals surface area contributed by atoms with Crippen molar-refractivity contribution in [2.45, 2.75) is 13.0 Å². The minimum absolute atomic E-state index is 0.0233. The first-order valence-corrected chi connectivity index (χ1v) is 6.85. The van der Waals surface area contributed by atoms with Crippen molar-refractivity contribution in [1.82, 2.24) is 0 Å². The van der Waals surface area contributed by atoms with Crippen LogP contribution in [0, 0.1) is 17.7 Å². The van der Waals surface area contributed by atoms with Gasteiger partial charge in [-0.3, -0.25) is 0 Å². The SMILES string of the molecule is CN(Cc1ccc(C#CCCO)cc1F)c1ccccc1. The first-order valence-electron chi connectivity index (χ1n) is 6.85. The Balaban J connectivity index is 2.10. The van der Waals surface area contributed by atoms with Gasteiger partial charge in [-0.1, -0.05) is 36.1 Å². The lowest BCUT2D eigenvalue weighted by Gasteiger charge is -2.19. The van der Waals surface area contributed by atoms with Gasteiger partial charge in [0.05, 0.1) is 6.61 Å². The van der Waals surface area contributed by atoms with Crippen molar-refractivity contribution in [2.75, 3.05) is 18.6 Å². The van der Waals surface area contributed by atoms with E-state index in [1.807, 2.05) is 48.3 Å². The number of hydrogen-bond donors (Lipinski definition) is 1. The average molecular weight is 283 g/mol. The van der Waals surface area contributed by atoms with Gasteiger partial charge in [0, 0.05) is 36.8 Å². The first kappa shape index (κ1) is 15.1. The van der Waals surface area contributed by atoms with E-state index in [0.717, 1.165) is 5.69 Å². The zero-order chi connectivity index (χ0) is 15.1. The van der Waals surface area contributed by atoms with Crippen LogP contribution in [0.1, 0.15) is 17.5 Å². The fourth-order valence-corrected chi connectivity index (χ4v) is 2.00. The number of nitrogens with zero attached hydrogens (tertiary/aromatic N) is 1. The lowest BCUT2D eigenvalue weighted by Crippen LogP contribution is -2.17. The van der Waals surface area contributed by atoms with Crippen LogP contribution in [0.2, 0.25) is 0 Å². The van der Waals surface area contributed by atoms with E-state index in [1.165, 1.54) is 6.07 Å². The molecule has 108 valence electrons. The molecule has 2 aromatic carbocycles. The Morgan fingerprint density at radius 1 is 1.14 bits per heavy atom. The molecule has 0 spiro atoms. The first-order chi connectivity index (χ1) is 10.2. The van der Waals surface area contributed by atoms with Crippen molar-refractivity contribution in [2.24, 2.45) is 0 Å². The van der Waals surface area contributed by atoms with Gasteiger partial charge in [0.25, 0.3) is 0 Å². The number of halogens is 1. The second-order valence-electron chi connectivity index (χ2n) is 4.77. The van der Waals surface area contributed by atoms with E-state index in [4.69, 9.17) is 5.11 Å². The number of hydrogen-bond acceptors (Lipinski definition) is 2. The van der Waals surface area contributed by atoms with E-state index in [9.17, 15) is 4.39 Å². The van der Waals surface area contributed by atoms with Gasteiger partial charge in [0.2, 0.25) is 0 Å². The number of rotatable bonds is 4. The highest BCUT2D eigenvalue weighted by Gasteiger charge is 2.07. The van der Waals surface area contributed by atoms with Crippen molar-refractivity contribution < 1.29 is 9.50 Å². The summed E-state index contributed by atoms with van der Waals surface area (Å²) in [6.07, 6.45) is 0.403. The quantitative estimate of drug-likeness (QED) is 0.871. The summed E-state index contributed by atoms with van der Waals surface area (Å²) in [7, 11) is 1.93. The second kappa shape index (κ2) is 7.47. The van der Waals surface area contributed by atoms with Crippen LogP contribution in [0.4, 0.5) is 10.1 Å². The Hall–Kier alpha value is -2.31. The van der Waals surface area contributed by atoms with Crippen LogP contribution < -0.4 is 4.90 Å². The zero-order valence-corrected chi connectivity index (χ0v) is 12.0. The third-order valence-corrected chi connectivity index (χ3v) is 3.13. The van der Waals surface area contributed by atoms with Crippen LogP contribution in [0.25, 0.3) is 0 Å². The lowest BCUT2D eigenvalue weighted by atomic mass is 10.1. The number of anilines is 1. The molecule has 0 amide bonds. The van der Waals surface area contributed by atoms with Crippen LogP contribution in [0.3, 0.4) is 0 Å². The normalized spacial score (nSPS) is 9.86. The predicted octanol–water partition coefficient (Wildman–Crippen LogP) is 3.20. The molecular formula is C18H18FNO. The Morgan fingerprint density at radius 3 is 2.57 bits per heavy atom. The molecule has 0 aliphatic rings. The van der Waals surface area contributed by atoms with Crippen molar-refractivity contribution in [3.05, 3.63) is 65.5 Å². The van der Waals surface area contributed by atoms with Gasteiger partial charge in [-0.2, -0.15) is 0 Å². The van der Waals surface area contributed by atoms with Crippen molar-refractivity contribution in [3.63, 3.8) is 0 Å². The maximum absolute atomic E-state index is 14.1. The fraction of sp³-hybridized carbons (Fsp3) is 0.222. The van der Waals surface area contributed by atoms with Crippen LogP contribution in [0.15, 0.2) is 48.5 Å². The summed E-state index contributed by atoms with van der Waals surface area (Å²) in [6.45, 7) is 0.523. The summed E-state index contributed by atoms with van der Waals surface area (Å²) in [5.74, 6) is 5.37. The monoisotopic (exact) mass is 283 g/mol. The molecule has 21 heavy (non-hydrogen) atoms. The molecule has 1 N–H and O–H groups in total. The van der Waals surface area contributed by atoms with Crippen molar-refractivity contribution in [3.8, 4) is 11.8 Å². The summed E-state index contributed by atoms with van der Waals surface area (Å²) >= 11 is 0. The number of benzene rings is 2. The molecule has 0 fully saturated rings. The van der Waals surface area contributed by atoms with Crippen LogP contribution >= 0.6 is 0 Å². The second-order valence-corrected chi connectivity index (χ2v) is 4.77. The Labute approximate surface area is 124 Å². The minimum Gasteiger partial charge on any atom is -0.395 e. The molecule has 0 bridgehead atoms. The summed E-state index contributed by atoms with van der Waals surface area (Å²) < 4.78 is 14.1. The van der Waals surface area contributed by atoms with Gasteiger partial charge >= 0.3 is 0 Å². The van der Waals surface area contributed by atoms with E-state index >= 15 is 0 Å². The molecule has 0 atom stereocenters. The number of aliphatic hydroxyl groups is 1. The number of aliphatic hydroxyl groups excluding tert-OH is 1. The Morgan fingerprint density at radius 2 is 1.90 bits per heavy atom. The molecule has 0 aliphatic carbocycles. The molecule has 2 rings (SSSR count). The molecule has 0 heterocycles. The van der Waals surface area contributed by atoms with Gasteiger partial charge in [0.15, 0.2) is 0 Å². The maximum Gasteiger partial charge on any atom is 0.129 e. The van der Waals surface area contributed by atoms with E-state index < -0.39 is 0 Å². The van der Waals surface area contributed by atoms with Crippen LogP contribution in [-0.2, 0) is 6.54 Å². The van der Waals surface area contributed by atoms with Gasteiger partial charge in [0.1, 0.15) is 5.82 Å². The summed E-state index contributed by atoms with van der Waals surface area (Å²) in [4.78, 5) is 2.00. The third kappa shape index (κ3) is 4.34. The molecule has 2 nitrogen and oxygen atoms in total. The zero-order valence-electron chi connectivity index (χ0n) is 12.0. The van der Waals surface area contributed by atoms with Gasteiger partial charge in [-0.15, -0.1) is 0 Å². The molecule has 0 aromatic heterocycles. The molecule has 0 saturated carbocycles. The van der Waals surface area contributed by atoms with E-state index in [0.29, 0.717) is 24.1 Å². The molecule has 2 aromatic rings. The largest absolute Gasteiger partial charge is 0.395 e. The van der Waals surface area contributed by atoms with E-state index in [2.05, 4.69) is 11.8 Å². The third-order valence-electron chi connectivity index (χ3n) is 3.13. The maximum atomic E-state index is 14.1. The van der Waals surface area contributed by atoms with E-state index in [-0.39, 0.29) is 12.4 Å². The molecule has 0 radical (unpaired) electrons. The average Bonchev–Trinajstić information content (AvgIpc) is 2.51. The molecule has 3 heteroatoms. The molecular weight excluding hydrogens is 265 g/mol. The smallest absolute Gasteiger partial charge is 0.129 e. The van der Waals surface area contributed by atoms with Crippen LogP contribution in [0.5, 0.6) is 0 Å². The fourth-order valence-electron chi connectivity index (χ4n) is 2.00. The van der Waals surface area contributed by atoms with Crippen LogP contribution in [-0.4, -0.2) is 18.8 Å². The van der Waals surface area contributed by atoms with E-state index in [1.54, 1.807) is 6.07 Å². The standard InChI is InChI=1S/C18H18FNO/c1-20(17-8-3-2-4-9-17)14-16-11-10-15(13-18(16)19)7-5-6-12-21/h2-4,8-11,13,21H,6,12,14H2,1H3. The summed E-state index contributed by atoms with van der Waals surface area (Å²) in [5.41, 5.74) is 2.31. The Bertz CT molecular complexity index is 643. The van der Waals surface area contributed by atoms with Crippen molar-refractivity contribution >= 4 is 5.69 Å². The topological polar surface area (TPSA) is 23.5 Å². The molecule has 0 aliphatic heterocycles. The highest BCUT2D eigenvalue weighted by Crippen LogP contribution is 2.17. The predicted molar refractivity (Wildman–Crippen MR) is 83.5 cm³/mol. The van der Waals surface area contributed by atoms with Crippen molar-refractivity contribution in [1.29, 1.82) is 0 Å². The summed E-state index contributed by atoms with van der Waals surface area (Å²) in [5, 5.41) is 8.67. The minimum atomic E-state index is -0.256.